The van der Waals surface area contributed by atoms with Crippen LogP contribution in [0.25, 0.3) is 0 Å². The number of carbonyl (C=O) groups is 2. The van der Waals surface area contributed by atoms with E-state index in [0.29, 0.717) is 23.7 Å². The van der Waals surface area contributed by atoms with Crippen molar-refractivity contribution < 1.29 is 14.3 Å². The maximum Gasteiger partial charge on any atom is 0.238 e. The third-order valence-electron chi connectivity index (χ3n) is 3.95. The highest BCUT2D eigenvalue weighted by atomic mass is 16.5. The Morgan fingerprint density at radius 3 is 2.44 bits per heavy atom. The summed E-state index contributed by atoms with van der Waals surface area (Å²) in [5.74, 6) is 0.245. The number of carbonyl (C=O) groups excluding carboxylic acids is 2. The van der Waals surface area contributed by atoms with E-state index in [4.69, 9.17) is 4.74 Å². The molecule has 0 aromatic heterocycles. The molecular weight excluding hydrogens is 342 g/mol. The number of hydrogen-bond donors (Lipinski definition) is 2. The Morgan fingerprint density at radius 1 is 1.07 bits per heavy atom. The maximum atomic E-state index is 12.6. The Balaban J connectivity index is 2.06. The molecule has 0 saturated carbocycles. The van der Waals surface area contributed by atoms with Gasteiger partial charge in [0, 0.05) is 19.2 Å². The molecule has 0 unspecified atom stereocenters. The summed E-state index contributed by atoms with van der Waals surface area (Å²) >= 11 is 0. The van der Waals surface area contributed by atoms with Crippen molar-refractivity contribution in [2.75, 3.05) is 30.8 Å². The zero-order valence-electron chi connectivity index (χ0n) is 16.1. The van der Waals surface area contributed by atoms with Crippen LogP contribution in [-0.2, 0) is 16.1 Å². The first-order valence-corrected chi connectivity index (χ1v) is 9.03. The molecule has 2 aromatic carbocycles. The van der Waals surface area contributed by atoms with Crippen molar-refractivity contribution >= 4 is 23.2 Å². The molecule has 0 spiro atoms. The summed E-state index contributed by atoms with van der Waals surface area (Å²) in [5.41, 5.74) is 2.31. The molecule has 6 heteroatoms. The number of nitrogens with one attached hydrogen (secondary N) is 2. The van der Waals surface area contributed by atoms with Gasteiger partial charge in [0.05, 0.1) is 19.3 Å². The third kappa shape index (κ3) is 6.75. The van der Waals surface area contributed by atoms with Crippen LogP contribution in [0.5, 0.6) is 5.75 Å². The minimum atomic E-state index is -0.172. The quantitative estimate of drug-likeness (QED) is 0.710. The second kappa shape index (κ2) is 10.3. The van der Waals surface area contributed by atoms with Crippen LogP contribution in [0.15, 0.2) is 48.5 Å². The standard InChI is InChI=1S/C21H27N3O3/c1-4-12-24(14-17-8-6-5-7-9-17)15-21(26)23-19-13-18(22-16(2)25)10-11-20(19)27-3/h5-11,13H,4,12,14-15H2,1-3H3,(H,22,25)(H,23,26). The van der Waals surface area contributed by atoms with E-state index in [1.165, 1.54) is 12.5 Å². The SMILES string of the molecule is CCCN(CC(=O)Nc1cc(NC(C)=O)ccc1OC)Cc1ccccc1. The van der Waals surface area contributed by atoms with Gasteiger partial charge in [-0.2, -0.15) is 0 Å². The summed E-state index contributed by atoms with van der Waals surface area (Å²) < 4.78 is 5.31. The zero-order valence-corrected chi connectivity index (χ0v) is 16.1. The van der Waals surface area contributed by atoms with E-state index in [9.17, 15) is 9.59 Å². The predicted octanol–water partition coefficient (Wildman–Crippen LogP) is 3.50. The number of hydrogen-bond acceptors (Lipinski definition) is 4. The van der Waals surface area contributed by atoms with Gasteiger partial charge in [0.1, 0.15) is 5.75 Å². The van der Waals surface area contributed by atoms with Gasteiger partial charge in [0.25, 0.3) is 0 Å². The van der Waals surface area contributed by atoms with Crippen molar-refractivity contribution in [3.8, 4) is 5.75 Å². The van der Waals surface area contributed by atoms with Crippen molar-refractivity contribution in [1.29, 1.82) is 0 Å². The zero-order chi connectivity index (χ0) is 19.6. The number of amides is 2. The molecule has 2 amide bonds. The second-order valence-electron chi connectivity index (χ2n) is 6.34. The van der Waals surface area contributed by atoms with Gasteiger partial charge in [-0.3, -0.25) is 14.5 Å². The molecule has 0 aliphatic carbocycles. The average Bonchev–Trinajstić information content (AvgIpc) is 2.62. The lowest BCUT2D eigenvalue weighted by atomic mass is 10.2. The molecule has 0 heterocycles. The Kier molecular flexibility index (Phi) is 7.82. The largest absolute Gasteiger partial charge is 0.495 e. The first-order chi connectivity index (χ1) is 13.0. The molecule has 0 aliphatic heterocycles. The van der Waals surface area contributed by atoms with Gasteiger partial charge < -0.3 is 15.4 Å². The normalized spacial score (nSPS) is 10.5. The van der Waals surface area contributed by atoms with Crippen LogP contribution in [-0.4, -0.2) is 36.9 Å². The molecule has 0 atom stereocenters. The van der Waals surface area contributed by atoms with Gasteiger partial charge in [-0.05, 0) is 36.7 Å². The fourth-order valence-electron chi connectivity index (χ4n) is 2.85. The Bertz CT molecular complexity index is 763. The van der Waals surface area contributed by atoms with E-state index < -0.39 is 0 Å². The highest BCUT2D eigenvalue weighted by Gasteiger charge is 2.14. The highest BCUT2D eigenvalue weighted by molar-refractivity contribution is 5.95. The van der Waals surface area contributed by atoms with Crippen LogP contribution in [0.4, 0.5) is 11.4 Å². The minimum absolute atomic E-state index is 0.127. The molecule has 144 valence electrons. The lowest BCUT2D eigenvalue weighted by molar-refractivity contribution is -0.117. The van der Waals surface area contributed by atoms with Crippen molar-refractivity contribution in [3.05, 3.63) is 54.1 Å². The summed E-state index contributed by atoms with van der Waals surface area (Å²) in [6.45, 7) is 5.34. The van der Waals surface area contributed by atoms with E-state index in [-0.39, 0.29) is 18.4 Å². The van der Waals surface area contributed by atoms with Crippen molar-refractivity contribution in [2.45, 2.75) is 26.8 Å². The van der Waals surface area contributed by atoms with Gasteiger partial charge in [-0.1, -0.05) is 37.3 Å². The Morgan fingerprint density at radius 2 is 1.81 bits per heavy atom. The summed E-state index contributed by atoms with van der Waals surface area (Å²) in [5, 5.41) is 5.60. The van der Waals surface area contributed by atoms with Gasteiger partial charge in [0.2, 0.25) is 11.8 Å². The highest BCUT2D eigenvalue weighted by Crippen LogP contribution is 2.27. The fourth-order valence-corrected chi connectivity index (χ4v) is 2.85. The van der Waals surface area contributed by atoms with E-state index >= 15 is 0 Å². The monoisotopic (exact) mass is 369 g/mol. The number of nitrogens with zero attached hydrogens (tertiary/aromatic N) is 1. The smallest absolute Gasteiger partial charge is 0.238 e. The van der Waals surface area contributed by atoms with E-state index in [1.54, 1.807) is 25.3 Å². The van der Waals surface area contributed by atoms with E-state index in [0.717, 1.165) is 13.0 Å². The second-order valence-corrected chi connectivity index (χ2v) is 6.34. The molecule has 0 saturated heterocycles. The third-order valence-corrected chi connectivity index (χ3v) is 3.95. The van der Waals surface area contributed by atoms with Crippen molar-refractivity contribution in [3.63, 3.8) is 0 Å². The molecule has 2 rings (SSSR count). The topological polar surface area (TPSA) is 70.7 Å². The maximum absolute atomic E-state index is 12.6. The first kappa shape index (κ1) is 20.5. The lowest BCUT2D eigenvalue weighted by Crippen LogP contribution is -2.33. The molecule has 2 aromatic rings. The summed E-state index contributed by atoms with van der Waals surface area (Å²) in [6.07, 6.45) is 0.960. The average molecular weight is 369 g/mol. The molecule has 0 fully saturated rings. The van der Waals surface area contributed by atoms with Crippen molar-refractivity contribution in [2.24, 2.45) is 0 Å². The first-order valence-electron chi connectivity index (χ1n) is 9.03. The van der Waals surface area contributed by atoms with Gasteiger partial charge in [-0.25, -0.2) is 0 Å². The van der Waals surface area contributed by atoms with Crippen LogP contribution in [0.1, 0.15) is 25.8 Å². The summed E-state index contributed by atoms with van der Waals surface area (Å²) in [6, 6.07) is 15.2. The summed E-state index contributed by atoms with van der Waals surface area (Å²) in [7, 11) is 1.54. The molecule has 2 N–H and O–H groups in total. The molecule has 0 aliphatic rings. The Labute approximate surface area is 160 Å². The Hall–Kier alpha value is -2.86. The van der Waals surface area contributed by atoms with E-state index in [1.807, 2.05) is 18.2 Å². The van der Waals surface area contributed by atoms with Crippen LogP contribution in [0, 0.1) is 0 Å². The van der Waals surface area contributed by atoms with E-state index in [2.05, 4.69) is 34.6 Å². The molecule has 0 bridgehead atoms. The van der Waals surface area contributed by atoms with Crippen molar-refractivity contribution in [1.82, 2.24) is 4.90 Å². The molecule has 6 nitrogen and oxygen atoms in total. The minimum Gasteiger partial charge on any atom is -0.495 e. The predicted molar refractivity (Wildman–Crippen MR) is 108 cm³/mol. The van der Waals surface area contributed by atoms with Gasteiger partial charge in [0.15, 0.2) is 0 Å². The number of rotatable bonds is 9. The number of anilines is 2. The van der Waals surface area contributed by atoms with Crippen LogP contribution < -0.4 is 15.4 Å². The van der Waals surface area contributed by atoms with Gasteiger partial charge in [-0.15, -0.1) is 0 Å². The molecule has 27 heavy (non-hydrogen) atoms. The fraction of sp³-hybridized carbons (Fsp3) is 0.333. The van der Waals surface area contributed by atoms with Gasteiger partial charge >= 0.3 is 0 Å². The summed E-state index contributed by atoms with van der Waals surface area (Å²) in [4.78, 5) is 26.0. The van der Waals surface area contributed by atoms with Crippen LogP contribution >= 0.6 is 0 Å². The number of ether oxygens (including phenoxy) is 1. The van der Waals surface area contributed by atoms with Crippen LogP contribution in [0.2, 0.25) is 0 Å². The molecular formula is C21H27N3O3. The molecule has 0 radical (unpaired) electrons. The lowest BCUT2D eigenvalue weighted by Gasteiger charge is -2.21. The number of benzene rings is 2. The van der Waals surface area contributed by atoms with Crippen LogP contribution in [0.3, 0.4) is 0 Å². The number of methoxy groups -OCH3 is 1.